The number of rotatable bonds is 12. The lowest BCUT2D eigenvalue weighted by Crippen LogP contribution is -2.58. The van der Waals surface area contributed by atoms with Crippen LogP contribution in [0, 0.1) is 5.92 Å². The van der Waals surface area contributed by atoms with Gasteiger partial charge in [-0.05, 0) is 64.0 Å². The highest BCUT2D eigenvalue weighted by Crippen LogP contribution is 2.27. The number of nitrogens with one attached hydrogen (secondary N) is 1. The van der Waals surface area contributed by atoms with Gasteiger partial charge in [0.2, 0.25) is 11.8 Å². The number of carbonyl (C=O) groups is 4. The van der Waals surface area contributed by atoms with Crippen molar-refractivity contribution in [3.05, 3.63) is 71.8 Å². The number of benzene rings is 2. The third-order valence-corrected chi connectivity index (χ3v) is 7.94. The minimum Gasteiger partial charge on any atom is -0.444 e. The van der Waals surface area contributed by atoms with E-state index in [0.29, 0.717) is 38.6 Å². The topological polar surface area (TPSA) is 119 Å². The predicted octanol–water partition coefficient (Wildman–Crippen LogP) is 4.22. The second-order valence-electron chi connectivity index (χ2n) is 11.0. The van der Waals surface area contributed by atoms with Crippen LogP contribution in [0.3, 0.4) is 0 Å². The van der Waals surface area contributed by atoms with Crippen LogP contribution < -0.4 is 11.1 Å². The van der Waals surface area contributed by atoms with Gasteiger partial charge in [-0.1, -0.05) is 83.3 Å². The van der Waals surface area contributed by atoms with Gasteiger partial charge in [0.1, 0.15) is 11.6 Å². The first kappa shape index (κ1) is 30.6. The number of likely N-dealkylation sites (tertiary alicyclic amines) is 1. The molecule has 2 unspecified atom stereocenters. The Morgan fingerprint density at radius 2 is 1.54 bits per heavy atom. The summed E-state index contributed by atoms with van der Waals surface area (Å²) >= 11 is 2.10. The van der Waals surface area contributed by atoms with Crippen molar-refractivity contribution in [3.8, 4) is 0 Å². The molecular weight excluding hydrogens is 609 g/mol. The van der Waals surface area contributed by atoms with Gasteiger partial charge >= 0.3 is 6.09 Å². The molecule has 9 heteroatoms. The van der Waals surface area contributed by atoms with Gasteiger partial charge in [0.15, 0.2) is 5.78 Å². The molecule has 2 aromatic rings. The van der Waals surface area contributed by atoms with Crippen LogP contribution >= 0.6 is 22.6 Å². The normalized spacial score (nSPS) is 17.3. The highest BCUT2D eigenvalue weighted by molar-refractivity contribution is 14.1. The second kappa shape index (κ2) is 13.9. The number of amides is 3. The van der Waals surface area contributed by atoms with Crippen molar-refractivity contribution >= 4 is 46.3 Å². The van der Waals surface area contributed by atoms with Crippen molar-refractivity contribution in [2.75, 3.05) is 6.54 Å². The lowest BCUT2D eigenvalue weighted by atomic mass is 9.89. The fraction of sp³-hybridized carbons (Fsp3) is 0.467. The van der Waals surface area contributed by atoms with Crippen LogP contribution in [0.4, 0.5) is 4.79 Å². The summed E-state index contributed by atoms with van der Waals surface area (Å²) in [6.07, 6.45) is 1.66. The molecule has 3 N–H and O–H groups in total. The van der Waals surface area contributed by atoms with Gasteiger partial charge in [0, 0.05) is 12.5 Å². The average molecular weight is 648 g/mol. The van der Waals surface area contributed by atoms with Crippen LogP contribution in [-0.2, 0) is 32.0 Å². The Balaban J connectivity index is 1.72. The van der Waals surface area contributed by atoms with Gasteiger partial charge in [-0.15, -0.1) is 0 Å². The quantitative estimate of drug-likeness (QED) is 0.264. The molecule has 0 spiro atoms. The van der Waals surface area contributed by atoms with Gasteiger partial charge in [-0.25, -0.2) is 4.79 Å². The first-order chi connectivity index (χ1) is 18.4. The van der Waals surface area contributed by atoms with Crippen LogP contribution in [0.15, 0.2) is 60.7 Å². The van der Waals surface area contributed by atoms with Crippen molar-refractivity contribution in [1.29, 1.82) is 0 Å². The van der Waals surface area contributed by atoms with E-state index in [9.17, 15) is 19.2 Å². The van der Waals surface area contributed by atoms with E-state index in [1.807, 2.05) is 60.7 Å². The molecule has 39 heavy (non-hydrogen) atoms. The standard InChI is InChI=1S/C30H38IN3O5/c1-30(2,3)39-29(38)33-24(19-21-12-8-5-9-13-21)26(35)23(31)15-14-22(18-20-10-6-4-7-11-20)28(37)34-17-16-25(34)27(32)36/h4-13,22-25H,14-19H2,1-3H3,(H2,32,36)(H,33,38)/t22-,23?,24-,25?/m0/s1. The zero-order valence-corrected chi connectivity index (χ0v) is 24.9. The predicted molar refractivity (Wildman–Crippen MR) is 158 cm³/mol. The smallest absolute Gasteiger partial charge is 0.408 e. The number of halogens is 1. The molecule has 0 aromatic heterocycles. The Bertz CT molecular complexity index is 1140. The first-order valence-electron chi connectivity index (χ1n) is 13.3. The van der Waals surface area contributed by atoms with E-state index in [-0.39, 0.29) is 11.7 Å². The summed E-state index contributed by atoms with van der Waals surface area (Å²) in [4.78, 5) is 52.9. The average Bonchev–Trinajstić information content (AvgIpc) is 2.84. The molecule has 2 aromatic carbocycles. The van der Waals surface area contributed by atoms with Gasteiger partial charge in [0.25, 0.3) is 0 Å². The van der Waals surface area contributed by atoms with Gasteiger partial charge in [-0.2, -0.15) is 0 Å². The molecule has 1 fully saturated rings. The number of hydrogen-bond donors (Lipinski definition) is 2. The highest BCUT2D eigenvalue weighted by Gasteiger charge is 2.39. The van der Waals surface area contributed by atoms with E-state index in [4.69, 9.17) is 10.5 Å². The van der Waals surface area contributed by atoms with E-state index in [2.05, 4.69) is 27.9 Å². The van der Waals surface area contributed by atoms with Gasteiger partial charge < -0.3 is 20.7 Å². The summed E-state index contributed by atoms with van der Waals surface area (Å²) < 4.78 is 4.97. The first-order valence-corrected chi connectivity index (χ1v) is 14.5. The maximum absolute atomic E-state index is 13.6. The molecule has 1 aliphatic heterocycles. The molecular formula is C30H38IN3O5. The number of hydrogen-bond acceptors (Lipinski definition) is 5. The Morgan fingerprint density at radius 1 is 0.974 bits per heavy atom. The number of alkyl halides is 1. The van der Waals surface area contributed by atoms with Crippen molar-refractivity contribution in [1.82, 2.24) is 10.2 Å². The summed E-state index contributed by atoms with van der Waals surface area (Å²) in [6.45, 7) is 5.81. The minimum atomic E-state index is -0.776. The highest BCUT2D eigenvalue weighted by atomic mass is 127. The van der Waals surface area contributed by atoms with Crippen molar-refractivity contribution < 1.29 is 23.9 Å². The molecule has 1 saturated heterocycles. The fourth-order valence-corrected chi connectivity index (χ4v) is 5.42. The lowest BCUT2D eigenvalue weighted by molar-refractivity contribution is -0.149. The summed E-state index contributed by atoms with van der Waals surface area (Å²) in [7, 11) is 0. The SMILES string of the molecule is CC(C)(C)OC(=O)N[C@@H](Cc1ccccc1)C(=O)C(I)CC[C@@H](Cc1ccccc1)C(=O)N1CCC1C(N)=O. The number of nitrogens with two attached hydrogens (primary N) is 1. The summed E-state index contributed by atoms with van der Waals surface area (Å²) in [5.74, 6) is -1.13. The molecule has 1 heterocycles. The minimum absolute atomic E-state index is 0.113. The molecule has 0 saturated carbocycles. The Labute approximate surface area is 244 Å². The van der Waals surface area contributed by atoms with E-state index >= 15 is 0 Å². The molecule has 0 aliphatic carbocycles. The van der Waals surface area contributed by atoms with E-state index < -0.39 is 39.5 Å². The van der Waals surface area contributed by atoms with Crippen LogP contribution in [0.25, 0.3) is 0 Å². The van der Waals surface area contributed by atoms with E-state index in [1.54, 1.807) is 25.7 Å². The number of ether oxygens (including phenoxy) is 1. The summed E-state index contributed by atoms with van der Waals surface area (Å²) in [5.41, 5.74) is 6.73. The van der Waals surface area contributed by atoms with Crippen molar-refractivity contribution in [2.24, 2.45) is 11.7 Å². The van der Waals surface area contributed by atoms with Crippen LogP contribution in [0.1, 0.15) is 51.2 Å². The van der Waals surface area contributed by atoms with Crippen LogP contribution in [0.2, 0.25) is 0 Å². The molecule has 8 nitrogen and oxygen atoms in total. The van der Waals surface area contributed by atoms with Crippen molar-refractivity contribution in [3.63, 3.8) is 0 Å². The number of alkyl carbamates (subject to hydrolysis) is 1. The Kier molecular flexibility index (Phi) is 10.9. The third kappa shape index (κ3) is 9.33. The number of primary amides is 1. The maximum atomic E-state index is 13.6. The molecule has 3 amide bonds. The zero-order chi connectivity index (χ0) is 28.6. The molecule has 0 radical (unpaired) electrons. The molecule has 1 aliphatic rings. The molecule has 0 bridgehead atoms. The maximum Gasteiger partial charge on any atom is 0.408 e. The summed E-state index contributed by atoms with van der Waals surface area (Å²) in [6, 6.07) is 17.9. The Hall–Kier alpha value is -2.95. The van der Waals surface area contributed by atoms with E-state index in [1.165, 1.54) is 0 Å². The fourth-order valence-electron chi connectivity index (χ4n) is 4.62. The third-order valence-electron chi connectivity index (χ3n) is 6.70. The van der Waals surface area contributed by atoms with Crippen molar-refractivity contribution in [2.45, 2.75) is 74.5 Å². The second-order valence-corrected chi connectivity index (χ2v) is 12.5. The van der Waals surface area contributed by atoms with Crippen LogP contribution in [-0.4, -0.2) is 56.7 Å². The number of ketones is 1. The lowest BCUT2D eigenvalue weighted by Gasteiger charge is -2.41. The molecule has 210 valence electrons. The molecule has 4 atom stereocenters. The summed E-state index contributed by atoms with van der Waals surface area (Å²) in [5, 5.41) is 2.77. The number of carbonyl (C=O) groups excluding carboxylic acids is 4. The van der Waals surface area contributed by atoms with Gasteiger partial charge in [-0.3, -0.25) is 14.4 Å². The number of nitrogens with zero attached hydrogens (tertiary/aromatic N) is 1. The van der Waals surface area contributed by atoms with E-state index in [0.717, 1.165) is 11.1 Å². The number of Topliss-reactive ketones (excluding diaryl/α,β-unsaturated/α-hetero) is 1. The molecule has 3 rings (SSSR count). The monoisotopic (exact) mass is 647 g/mol. The van der Waals surface area contributed by atoms with Gasteiger partial charge in [0.05, 0.1) is 9.97 Å². The zero-order valence-electron chi connectivity index (χ0n) is 22.8. The van der Waals surface area contributed by atoms with Crippen LogP contribution in [0.5, 0.6) is 0 Å². The Morgan fingerprint density at radius 3 is 2.03 bits per heavy atom. The largest absolute Gasteiger partial charge is 0.444 e.